The van der Waals surface area contributed by atoms with Crippen molar-refractivity contribution in [1.29, 1.82) is 0 Å². The summed E-state index contributed by atoms with van der Waals surface area (Å²) in [5.74, 6) is -3.58. The van der Waals surface area contributed by atoms with Gasteiger partial charge in [-0.1, -0.05) is 5.16 Å². The number of nitrogens with two attached hydrogens (primary N) is 2. The molecule has 2 aromatic heterocycles. The maximum absolute atomic E-state index is 13.1. The number of nitrogen functional groups attached to an aromatic ring is 2. The first-order valence-electron chi connectivity index (χ1n) is 11.1. The third-order valence-electron chi connectivity index (χ3n) is 5.53. The minimum Gasteiger partial charge on any atom is -0.543 e. The van der Waals surface area contributed by atoms with Crippen LogP contribution >= 0.6 is 34.9 Å². The van der Waals surface area contributed by atoms with Crippen LogP contribution in [0.5, 0.6) is 0 Å². The van der Waals surface area contributed by atoms with E-state index >= 15 is 0 Å². The zero-order valence-corrected chi connectivity index (χ0v) is 22.8. The number of aliphatic carboxylic acids is 2. The largest absolute Gasteiger partial charge is 0.543 e. The number of nitrogens with one attached hydrogen (secondary N) is 1. The van der Waals surface area contributed by atoms with Crippen molar-refractivity contribution in [3.8, 4) is 0 Å². The third-order valence-corrected chi connectivity index (χ3v) is 8.67. The summed E-state index contributed by atoms with van der Waals surface area (Å²) >= 11 is 3.54. The van der Waals surface area contributed by atoms with Crippen molar-refractivity contribution in [2.45, 2.75) is 29.6 Å². The van der Waals surface area contributed by atoms with Crippen LogP contribution in [0.4, 0.5) is 10.9 Å². The molecule has 15 nitrogen and oxygen atoms in total. The number of nitrogens with zero attached hydrogens (tertiary/aromatic N) is 5. The fourth-order valence-corrected chi connectivity index (χ4v) is 6.53. The van der Waals surface area contributed by atoms with Gasteiger partial charge in [0.15, 0.2) is 10.8 Å². The monoisotopic (exact) mass is 594 g/mol. The lowest BCUT2D eigenvalue weighted by atomic mass is 10.0. The second kappa shape index (κ2) is 11.5. The summed E-state index contributed by atoms with van der Waals surface area (Å²) in [4.78, 5) is 63.4. The number of β-lactam (4-membered cyclic amide) rings is 1. The number of aryl methyl sites for hydroxylation is 1. The summed E-state index contributed by atoms with van der Waals surface area (Å²) in [6, 6.07) is 0.542. The average molecular weight is 595 g/mol. The quantitative estimate of drug-likeness (QED) is 0.0578. The van der Waals surface area contributed by atoms with Crippen molar-refractivity contribution < 1.29 is 38.8 Å². The number of thioether (sulfide) groups is 2. The van der Waals surface area contributed by atoms with Crippen molar-refractivity contribution in [3.63, 3.8) is 0 Å². The highest BCUT2D eigenvalue weighted by molar-refractivity contribution is 8.01. The summed E-state index contributed by atoms with van der Waals surface area (Å²) in [7, 11) is 1.77. The van der Waals surface area contributed by atoms with E-state index in [0.29, 0.717) is 16.5 Å². The molecule has 2 unspecified atom stereocenters. The fraction of sp³-hybridized carbons (Fsp3) is 0.333. The Hall–Kier alpha value is -3.90. The average Bonchev–Trinajstić information content (AvgIpc) is 3.32. The van der Waals surface area contributed by atoms with Crippen molar-refractivity contribution in [2.24, 2.45) is 12.2 Å². The fourth-order valence-electron chi connectivity index (χ4n) is 3.53. The van der Waals surface area contributed by atoms with Crippen LogP contribution in [0.15, 0.2) is 39.2 Å². The lowest BCUT2D eigenvalue weighted by Crippen LogP contribution is -2.71. The summed E-state index contributed by atoms with van der Waals surface area (Å²) in [5, 5.41) is 28.6. The molecule has 0 aromatic carbocycles. The molecule has 206 valence electrons. The molecule has 4 heterocycles. The van der Waals surface area contributed by atoms with E-state index in [4.69, 9.17) is 21.4 Å². The van der Waals surface area contributed by atoms with E-state index in [-0.39, 0.29) is 28.0 Å². The number of carbonyl (C=O) groups excluding carboxylic acids is 3. The van der Waals surface area contributed by atoms with Crippen LogP contribution in [0.25, 0.3) is 0 Å². The molecule has 0 aliphatic carbocycles. The van der Waals surface area contributed by atoms with Crippen LogP contribution in [-0.4, -0.2) is 78.5 Å². The molecular weight excluding hydrogens is 572 g/mol. The van der Waals surface area contributed by atoms with E-state index in [1.54, 1.807) is 23.9 Å². The van der Waals surface area contributed by atoms with Crippen LogP contribution in [-0.2, 0) is 31.1 Å². The van der Waals surface area contributed by atoms with Gasteiger partial charge in [0.1, 0.15) is 17.1 Å². The number of thiazole rings is 1. The minimum atomic E-state index is -1.52. The molecule has 4 rings (SSSR count). The normalized spacial score (nSPS) is 19.7. The summed E-state index contributed by atoms with van der Waals surface area (Å²) < 4.78 is 1.73. The van der Waals surface area contributed by atoms with Gasteiger partial charge in [-0.2, -0.15) is 0 Å². The Morgan fingerprint density at radius 3 is 2.79 bits per heavy atom. The zero-order chi connectivity index (χ0) is 28.4. The predicted molar refractivity (Wildman–Crippen MR) is 139 cm³/mol. The van der Waals surface area contributed by atoms with Gasteiger partial charge in [-0.15, -0.1) is 23.1 Å². The van der Waals surface area contributed by atoms with E-state index < -0.39 is 47.0 Å². The highest BCUT2D eigenvalue weighted by Gasteiger charge is 2.53. The van der Waals surface area contributed by atoms with Crippen molar-refractivity contribution >= 4 is 75.3 Å². The number of rotatable bonds is 10. The van der Waals surface area contributed by atoms with E-state index in [1.165, 1.54) is 35.8 Å². The van der Waals surface area contributed by atoms with Gasteiger partial charge >= 0.3 is 11.1 Å². The highest BCUT2D eigenvalue weighted by Crippen LogP contribution is 2.41. The second-order valence-corrected chi connectivity index (χ2v) is 11.2. The molecule has 1 saturated heterocycles. The van der Waals surface area contributed by atoms with Crippen molar-refractivity contribution in [2.75, 3.05) is 23.0 Å². The van der Waals surface area contributed by atoms with Gasteiger partial charge in [-0.3, -0.25) is 14.5 Å². The lowest BCUT2D eigenvalue weighted by molar-refractivity contribution is -0.713. The molecule has 18 heteroatoms. The lowest BCUT2D eigenvalue weighted by Gasteiger charge is -2.50. The first-order valence-corrected chi connectivity index (χ1v) is 14.0. The Bertz CT molecular complexity index is 1410. The zero-order valence-electron chi connectivity index (χ0n) is 20.4. The minimum absolute atomic E-state index is 0.0190. The van der Waals surface area contributed by atoms with Crippen LogP contribution in [0.1, 0.15) is 12.6 Å². The maximum Gasteiger partial charge on any atom is 0.361 e. The molecule has 2 aromatic rings. The first-order chi connectivity index (χ1) is 18.5. The smallest absolute Gasteiger partial charge is 0.361 e. The molecule has 39 heavy (non-hydrogen) atoms. The summed E-state index contributed by atoms with van der Waals surface area (Å²) in [6.07, 6.45) is 0.358. The Kier molecular flexibility index (Phi) is 8.26. The number of amides is 2. The van der Waals surface area contributed by atoms with Gasteiger partial charge in [0.2, 0.25) is 11.9 Å². The topological polar surface area (TPSA) is 230 Å². The second-order valence-electron chi connectivity index (χ2n) is 8.23. The molecule has 2 aliphatic heterocycles. The van der Waals surface area contributed by atoms with Gasteiger partial charge in [0.25, 0.3) is 11.8 Å². The predicted octanol–water partition coefficient (Wildman–Crippen LogP) is -2.08. The molecular formula is C21H22N8O7S3. The van der Waals surface area contributed by atoms with Gasteiger partial charge < -0.3 is 36.6 Å². The number of hydrogen-bond donors (Lipinski definition) is 4. The van der Waals surface area contributed by atoms with Crippen LogP contribution < -0.4 is 26.5 Å². The standard InChI is InChI=1S/C21H22N8O7S3/c1-8(18(32)33)36-27-12(10-7-38-20(23)24-10)15(30)26-13-16(31)29-14(19(34)35)9(5-37-17(13)29)6-39-21-25-11(22)3-4-28(21)2/h3-4,7-8,13,17,22H,5-6H2,1-2H3,(H5,23,24,26,30,32,33,34,35)/b27-12-/t8?,13?,17-/m1/s1. The van der Waals surface area contributed by atoms with Crippen LogP contribution in [0, 0.1) is 0 Å². The Morgan fingerprint density at radius 2 is 2.15 bits per heavy atom. The summed E-state index contributed by atoms with van der Waals surface area (Å²) in [5.41, 5.74) is 11.2. The molecule has 1 fully saturated rings. The number of anilines is 2. The number of hydrogen-bond acceptors (Lipinski definition) is 14. The number of aromatic nitrogens is 3. The Balaban J connectivity index is 1.51. The number of carboxylic acid groups (broad SMARTS) is 2. The first kappa shape index (κ1) is 28.1. The molecule has 6 N–H and O–H groups in total. The number of carboxylic acids is 2. The number of fused-ring (bicyclic) bond motifs is 1. The molecule has 2 aliphatic rings. The van der Waals surface area contributed by atoms with Crippen molar-refractivity contribution in [1.82, 2.24) is 20.2 Å². The summed E-state index contributed by atoms with van der Waals surface area (Å²) in [6.45, 7) is 1.22. The number of carbonyl (C=O) groups is 4. The van der Waals surface area contributed by atoms with Gasteiger partial charge in [-0.05, 0) is 29.2 Å². The molecule has 0 saturated carbocycles. The molecule has 0 bridgehead atoms. The van der Waals surface area contributed by atoms with Crippen molar-refractivity contribution in [3.05, 3.63) is 34.6 Å². The van der Waals surface area contributed by atoms with Gasteiger partial charge in [-0.25, -0.2) is 14.3 Å². The molecule has 0 radical (unpaired) electrons. The molecule has 3 atom stereocenters. The van der Waals surface area contributed by atoms with Gasteiger partial charge in [0, 0.05) is 23.0 Å². The molecule has 0 spiro atoms. The van der Waals surface area contributed by atoms with E-state index in [1.807, 2.05) is 0 Å². The number of oxime groups is 1. The van der Waals surface area contributed by atoms with E-state index in [2.05, 4.69) is 20.4 Å². The Labute approximate surface area is 233 Å². The SMILES string of the molecule is CC(O/N=C(\C(=O)NC1C(=O)N2C(C(=O)[O-])=C(CSc3nc(N)cc[n+]3C)CS[C@H]12)c1csc(N)n1)C(=O)O. The maximum atomic E-state index is 13.1. The van der Waals surface area contributed by atoms with Crippen LogP contribution in [0.2, 0.25) is 0 Å². The molecule has 2 amide bonds. The van der Waals surface area contributed by atoms with E-state index in [9.17, 15) is 24.3 Å². The van der Waals surface area contributed by atoms with E-state index in [0.717, 1.165) is 16.2 Å². The van der Waals surface area contributed by atoms with Crippen LogP contribution in [0.3, 0.4) is 0 Å². The highest BCUT2D eigenvalue weighted by atomic mass is 32.2. The Morgan fingerprint density at radius 1 is 1.41 bits per heavy atom. The van der Waals surface area contributed by atoms with Gasteiger partial charge in [0.05, 0.1) is 24.9 Å². The third kappa shape index (κ3) is 5.91.